The zero-order chi connectivity index (χ0) is 25.6. The molecule has 3 fully saturated rings. The van der Waals surface area contributed by atoms with Crippen molar-refractivity contribution in [2.75, 3.05) is 50.7 Å². The maximum Gasteiger partial charge on any atom is 0.324 e. The molecule has 2 aromatic carbocycles. The summed E-state index contributed by atoms with van der Waals surface area (Å²) < 4.78 is 0. The van der Waals surface area contributed by atoms with E-state index in [4.69, 9.17) is 0 Å². The molecule has 196 valence electrons. The van der Waals surface area contributed by atoms with Crippen LogP contribution in [0.1, 0.15) is 24.8 Å². The number of imide groups is 1. The number of rotatable bonds is 8. The maximum absolute atomic E-state index is 13.1. The number of carbonyl (C=O) groups excluding carboxylic acids is 3. The lowest BCUT2D eigenvalue weighted by Crippen LogP contribution is -2.62. The highest BCUT2D eigenvalue weighted by Gasteiger charge is 2.45. The Bertz CT molecular complexity index is 1070. The van der Waals surface area contributed by atoms with Crippen molar-refractivity contribution >= 4 is 23.5 Å². The number of hydrogen-bond acceptors (Lipinski definition) is 5. The first-order chi connectivity index (χ1) is 18.1. The van der Waals surface area contributed by atoms with E-state index in [1.54, 1.807) is 0 Å². The molecule has 2 N–H and O–H groups in total. The third kappa shape index (κ3) is 6.13. The smallest absolute Gasteiger partial charge is 0.324 e. The number of anilines is 1. The molecule has 4 amide bonds. The van der Waals surface area contributed by atoms with Crippen LogP contribution in [-0.4, -0.2) is 79.5 Å². The summed E-state index contributed by atoms with van der Waals surface area (Å²) >= 11 is 0. The van der Waals surface area contributed by atoms with Gasteiger partial charge in [0.2, 0.25) is 11.8 Å². The number of para-hydroxylation sites is 1. The molecule has 2 saturated heterocycles. The van der Waals surface area contributed by atoms with Crippen LogP contribution in [0.4, 0.5) is 10.5 Å². The lowest BCUT2D eigenvalue weighted by atomic mass is 9.76. The first-order valence-corrected chi connectivity index (χ1v) is 13.5. The minimum Gasteiger partial charge on any atom is -0.369 e. The van der Waals surface area contributed by atoms with Crippen LogP contribution in [0, 0.1) is 11.8 Å². The quantitative estimate of drug-likeness (QED) is 0.578. The molecule has 1 aliphatic carbocycles. The van der Waals surface area contributed by atoms with Crippen molar-refractivity contribution in [3.8, 4) is 0 Å². The molecule has 0 aromatic heterocycles. The summed E-state index contributed by atoms with van der Waals surface area (Å²) in [6, 6.07) is 19.8. The van der Waals surface area contributed by atoms with Crippen molar-refractivity contribution in [1.82, 2.24) is 20.4 Å². The van der Waals surface area contributed by atoms with Crippen molar-refractivity contribution in [3.05, 3.63) is 66.2 Å². The van der Waals surface area contributed by atoms with E-state index in [9.17, 15) is 14.4 Å². The lowest BCUT2D eigenvalue weighted by Gasteiger charge is -2.42. The van der Waals surface area contributed by atoms with E-state index in [2.05, 4.69) is 44.7 Å². The fourth-order valence-corrected chi connectivity index (χ4v) is 5.85. The zero-order valence-electron chi connectivity index (χ0n) is 21.4. The normalized spacial score (nSPS) is 24.4. The third-order valence-corrected chi connectivity index (χ3v) is 8.05. The first-order valence-electron chi connectivity index (χ1n) is 13.5. The van der Waals surface area contributed by atoms with Gasteiger partial charge in [0.1, 0.15) is 0 Å². The van der Waals surface area contributed by atoms with E-state index >= 15 is 0 Å². The number of piperazine rings is 1. The summed E-state index contributed by atoms with van der Waals surface area (Å²) in [5, 5.41) is 6.12. The van der Waals surface area contributed by atoms with Crippen molar-refractivity contribution in [1.29, 1.82) is 0 Å². The molecule has 5 rings (SSSR count). The first kappa shape index (κ1) is 25.3. The largest absolute Gasteiger partial charge is 0.369 e. The van der Waals surface area contributed by atoms with E-state index in [-0.39, 0.29) is 35.7 Å². The van der Waals surface area contributed by atoms with Gasteiger partial charge >= 0.3 is 6.03 Å². The van der Waals surface area contributed by atoms with Gasteiger partial charge in [-0.25, -0.2) is 4.79 Å². The molecule has 8 heteroatoms. The summed E-state index contributed by atoms with van der Waals surface area (Å²) in [6.45, 7) is 5.76. The molecular weight excluding hydrogens is 466 g/mol. The average molecular weight is 504 g/mol. The van der Waals surface area contributed by atoms with Crippen molar-refractivity contribution in [3.63, 3.8) is 0 Å². The fourth-order valence-electron chi connectivity index (χ4n) is 5.85. The van der Waals surface area contributed by atoms with Crippen molar-refractivity contribution in [2.24, 2.45) is 11.8 Å². The Balaban J connectivity index is 1.04. The van der Waals surface area contributed by atoms with Crippen LogP contribution in [0.15, 0.2) is 60.7 Å². The standard InChI is InChI=1S/C29H37N5O3/c35-27(30-14-16-32-17-19-33(20-18-32)24-9-5-2-6-10-24)23-11-12-25-26(21-23)31-29(37)34(28(25)36)15-13-22-7-3-1-4-8-22/h1-10,23,25-26H,11-21H2,(H,30,35)(H,31,37). The third-order valence-electron chi connectivity index (χ3n) is 8.05. The molecule has 3 unspecified atom stereocenters. The Kier molecular flexibility index (Phi) is 8.04. The van der Waals surface area contributed by atoms with Crippen LogP contribution >= 0.6 is 0 Å². The minimum absolute atomic E-state index is 0.0366. The average Bonchev–Trinajstić information content (AvgIpc) is 2.94. The second-order valence-electron chi connectivity index (χ2n) is 10.4. The Hall–Kier alpha value is -3.39. The van der Waals surface area contributed by atoms with E-state index in [0.29, 0.717) is 38.8 Å². The molecule has 0 radical (unpaired) electrons. The van der Waals surface area contributed by atoms with Gasteiger partial charge < -0.3 is 15.5 Å². The molecule has 2 heterocycles. The van der Waals surface area contributed by atoms with Crippen LogP contribution in [-0.2, 0) is 16.0 Å². The highest BCUT2D eigenvalue weighted by molar-refractivity contribution is 5.99. The number of carbonyl (C=O) groups is 3. The summed E-state index contributed by atoms with van der Waals surface area (Å²) in [4.78, 5) is 44.8. The van der Waals surface area contributed by atoms with Crippen molar-refractivity contribution < 1.29 is 14.4 Å². The molecule has 0 spiro atoms. The van der Waals surface area contributed by atoms with Crippen LogP contribution in [0.3, 0.4) is 0 Å². The van der Waals surface area contributed by atoms with Gasteiger partial charge in [-0.2, -0.15) is 0 Å². The molecule has 1 saturated carbocycles. The second kappa shape index (κ2) is 11.8. The van der Waals surface area contributed by atoms with Gasteiger partial charge in [-0.3, -0.25) is 19.4 Å². The number of fused-ring (bicyclic) bond motifs is 1. The Morgan fingerprint density at radius 1 is 0.892 bits per heavy atom. The summed E-state index contributed by atoms with van der Waals surface area (Å²) in [5.41, 5.74) is 2.36. The summed E-state index contributed by atoms with van der Waals surface area (Å²) in [5.74, 6) is -0.466. The molecule has 2 aliphatic heterocycles. The minimum atomic E-state index is -0.335. The van der Waals surface area contributed by atoms with E-state index < -0.39 is 0 Å². The predicted octanol–water partition coefficient (Wildman–Crippen LogP) is 2.50. The van der Waals surface area contributed by atoms with Gasteiger partial charge in [0.25, 0.3) is 0 Å². The number of amides is 4. The number of urea groups is 1. The Morgan fingerprint density at radius 2 is 1.59 bits per heavy atom. The van der Waals surface area contributed by atoms with Gasteiger partial charge in [-0.15, -0.1) is 0 Å². The molecular formula is C29H37N5O3. The Labute approximate surface area is 219 Å². The van der Waals surface area contributed by atoms with Gasteiger partial charge in [0.15, 0.2) is 0 Å². The number of benzene rings is 2. The summed E-state index contributed by atoms with van der Waals surface area (Å²) in [6.07, 6.45) is 2.47. The Morgan fingerprint density at radius 3 is 2.32 bits per heavy atom. The zero-order valence-corrected chi connectivity index (χ0v) is 21.4. The SMILES string of the molecule is O=C(NCCN1CCN(c2ccccc2)CC1)C1CCC2C(=O)N(CCc3ccccc3)C(=O)NC2C1. The second-order valence-corrected chi connectivity index (χ2v) is 10.4. The molecule has 2 aromatic rings. The van der Waals surface area contributed by atoms with Gasteiger partial charge in [0, 0.05) is 63.5 Å². The fraction of sp³-hybridized carbons (Fsp3) is 0.483. The van der Waals surface area contributed by atoms with Gasteiger partial charge in [-0.05, 0) is 43.4 Å². The van der Waals surface area contributed by atoms with Crippen LogP contribution in [0.25, 0.3) is 0 Å². The van der Waals surface area contributed by atoms with Gasteiger partial charge in [0.05, 0.1) is 5.92 Å². The van der Waals surface area contributed by atoms with Crippen LogP contribution in [0.5, 0.6) is 0 Å². The number of hydrogen-bond donors (Lipinski definition) is 2. The van der Waals surface area contributed by atoms with E-state index in [1.165, 1.54) is 10.6 Å². The highest BCUT2D eigenvalue weighted by atomic mass is 16.2. The van der Waals surface area contributed by atoms with Crippen molar-refractivity contribution in [2.45, 2.75) is 31.7 Å². The molecule has 8 nitrogen and oxygen atoms in total. The van der Waals surface area contributed by atoms with Crippen LogP contribution in [0.2, 0.25) is 0 Å². The van der Waals surface area contributed by atoms with Crippen LogP contribution < -0.4 is 15.5 Å². The monoisotopic (exact) mass is 503 g/mol. The van der Waals surface area contributed by atoms with Gasteiger partial charge in [-0.1, -0.05) is 48.5 Å². The highest BCUT2D eigenvalue weighted by Crippen LogP contribution is 2.33. The number of nitrogens with one attached hydrogen (secondary N) is 2. The predicted molar refractivity (Wildman–Crippen MR) is 143 cm³/mol. The molecule has 37 heavy (non-hydrogen) atoms. The molecule has 0 bridgehead atoms. The maximum atomic E-state index is 13.1. The molecule has 3 atom stereocenters. The molecule has 3 aliphatic rings. The topological polar surface area (TPSA) is 85.0 Å². The van der Waals surface area contributed by atoms with E-state index in [0.717, 1.165) is 38.3 Å². The number of nitrogens with zero attached hydrogens (tertiary/aromatic N) is 3. The van der Waals surface area contributed by atoms with E-state index in [1.807, 2.05) is 36.4 Å². The lowest BCUT2D eigenvalue weighted by molar-refractivity contribution is -0.139. The summed E-state index contributed by atoms with van der Waals surface area (Å²) in [7, 11) is 0.